The lowest BCUT2D eigenvalue weighted by Gasteiger charge is -2.10. The van der Waals surface area contributed by atoms with Crippen LogP contribution in [0.3, 0.4) is 0 Å². The Morgan fingerprint density at radius 2 is 2.00 bits per heavy atom. The zero-order valence-electron chi connectivity index (χ0n) is 10.6. The number of carbonyl (C=O) groups is 1. The number of carbonyl (C=O) groups excluding carboxylic acids is 1. The fraction of sp³-hybridized carbons (Fsp3) is 0.167. The highest BCUT2D eigenvalue weighted by Crippen LogP contribution is 2.19. The number of aromatic nitrogens is 3. The van der Waals surface area contributed by atoms with Crippen LogP contribution in [0.1, 0.15) is 6.92 Å². The smallest absolute Gasteiger partial charge is 0.328 e. The van der Waals surface area contributed by atoms with Gasteiger partial charge in [-0.05, 0) is 30.7 Å². The Kier molecular flexibility index (Phi) is 4.31. The molecular formula is C12H12ClN5O2. The minimum atomic E-state index is -0.641. The standard InChI is InChI=1S/C12H12ClN5O2/c1-7(9(14)19)15-11-16-10(13)17-12(18-11)20-8-5-3-2-4-6-8/h2-7H,1H3,(H2,14,19)(H,15,16,17,18)/t7-/m0/s1. The van der Waals surface area contributed by atoms with E-state index in [0.29, 0.717) is 5.75 Å². The van der Waals surface area contributed by atoms with E-state index in [0.717, 1.165) is 0 Å². The lowest BCUT2D eigenvalue weighted by atomic mass is 10.3. The molecule has 0 aliphatic rings. The van der Waals surface area contributed by atoms with E-state index in [9.17, 15) is 4.79 Å². The number of halogens is 1. The minimum Gasteiger partial charge on any atom is -0.424 e. The van der Waals surface area contributed by atoms with Crippen LogP contribution in [0.2, 0.25) is 5.28 Å². The number of para-hydroxylation sites is 1. The van der Waals surface area contributed by atoms with E-state index in [-0.39, 0.29) is 17.2 Å². The summed E-state index contributed by atoms with van der Waals surface area (Å²) in [6, 6.07) is 8.36. The number of nitrogens with zero attached hydrogens (tertiary/aromatic N) is 3. The van der Waals surface area contributed by atoms with Gasteiger partial charge in [0, 0.05) is 0 Å². The average Bonchev–Trinajstić information content (AvgIpc) is 2.39. The Morgan fingerprint density at radius 3 is 2.65 bits per heavy atom. The molecule has 1 heterocycles. The Balaban J connectivity index is 2.18. The summed E-state index contributed by atoms with van der Waals surface area (Å²) in [5.74, 6) is 0.137. The molecule has 0 saturated carbocycles. The molecule has 0 spiro atoms. The van der Waals surface area contributed by atoms with Crippen molar-refractivity contribution in [2.24, 2.45) is 5.73 Å². The van der Waals surface area contributed by atoms with Crippen molar-refractivity contribution in [3.05, 3.63) is 35.6 Å². The fourth-order valence-corrected chi connectivity index (χ4v) is 1.45. The number of anilines is 1. The van der Waals surface area contributed by atoms with Gasteiger partial charge in [-0.3, -0.25) is 4.79 Å². The first-order valence-corrected chi connectivity index (χ1v) is 6.13. The van der Waals surface area contributed by atoms with Crippen LogP contribution in [-0.2, 0) is 4.79 Å². The Bertz CT molecular complexity index is 608. The summed E-state index contributed by atoms with van der Waals surface area (Å²) in [5.41, 5.74) is 5.15. The van der Waals surface area contributed by atoms with E-state index in [1.54, 1.807) is 19.1 Å². The monoisotopic (exact) mass is 293 g/mol. The fourth-order valence-electron chi connectivity index (χ4n) is 1.30. The molecule has 2 rings (SSSR count). The van der Waals surface area contributed by atoms with Crippen LogP contribution in [-0.4, -0.2) is 26.9 Å². The topological polar surface area (TPSA) is 103 Å². The zero-order chi connectivity index (χ0) is 14.5. The molecule has 2 aromatic rings. The predicted molar refractivity (Wildman–Crippen MR) is 73.6 cm³/mol. The number of primary amides is 1. The minimum absolute atomic E-state index is 0.0235. The predicted octanol–water partition coefficient (Wildman–Crippen LogP) is 1.60. The highest BCUT2D eigenvalue weighted by Gasteiger charge is 2.12. The van der Waals surface area contributed by atoms with Crippen molar-refractivity contribution in [1.29, 1.82) is 0 Å². The van der Waals surface area contributed by atoms with Crippen LogP contribution in [0.15, 0.2) is 30.3 Å². The third-order valence-corrected chi connectivity index (χ3v) is 2.48. The van der Waals surface area contributed by atoms with Crippen molar-refractivity contribution in [3.63, 3.8) is 0 Å². The highest BCUT2D eigenvalue weighted by atomic mass is 35.5. The molecule has 0 unspecified atom stereocenters. The second-order valence-electron chi connectivity index (χ2n) is 3.89. The first kappa shape index (κ1) is 14.0. The summed E-state index contributed by atoms with van der Waals surface area (Å²) in [6.07, 6.45) is 0. The molecule has 104 valence electrons. The highest BCUT2D eigenvalue weighted by molar-refractivity contribution is 6.28. The molecule has 0 radical (unpaired) electrons. The molecule has 0 aliphatic carbocycles. The number of nitrogens with one attached hydrogen (secondary N) is 1. The molecule has 0 bridgehead atoms. The normalized spacial score (nSPS) is 11.7. The van der Waals surface area contributed by atoms with E-state index >= 15 is 0 Å². The third kappa shape index (κ3) is 3.79. The Morgan fingerprint density at radius 1 is 1.30 bits per heavy atom. The lowest BCUT2D eigenvalue weighted by Crippen LogP contribution is -2.33. The van der Waals surface area contributed by atoms with Gasteiger partial charge in [0.25, 0.3) is 0 Å². The van der Waals surface area contributed by atoms with Gasteiger partial charge in [0.2, 0.25) is 17.1 Å². The van der Waals surface area contributed by atoms with Gasteiger partial charge in [0.15, 0.2) is 0 Å². The molecule has 0 fully saturated rings. The van der Waals surface area contributed by atoms with Crippen LogP contribution in [0.5, 0.6) is 11.8 Å². The maximum Gasteiger partial charge on any atom is 0.328 e. The van der Waals surface area contributed by atoms with E-state index in [1.807, 2.05) is 18.2 Å². The maximum absolute atomic E-state index is 11.0. The molecule has 1 aromatic carbocycles. The number of amides is 1. The van der Waals surface area contributed by atoms with Crippen molar-refractivity contribution >= 4 is 23.5 Å². The molecule has 20 heavy (non-hydrogen) atoms. The van der Waals surface area contributed by atoms with Crippen molar-refractivity contribution in [1.82, 2.24) is 15.0 Å². The van der Waals surface area contributed by atoms with E-state index < -0.39 is 11.9 Å². The second kappa shape index (κ2) is 6.16. The lowest BCUT2D eigenvalue weighted by molar-refractivity contribution is -0.118. The summed E-state index contributed by atoms with van der Waals surface area (Å²) in [5, 5.41) is 2.66. The first-order valence-electron chi connectivity index (χ1n) is 5.75. The summed E-state index contributed by atoms with van der Waals surface area (Å²) >= 11 is 5.78. The van der Waals surface area contributed by atoms with Gasteiger partial charge in [0.05, 0.1) is 0 Å². The summed E-state index contributed by atoms with van der Waals surface area (Å²) in [6.45, 7) is 1.58. The molecule has 8 heteroatoms. The second-order valence-corrected chi connectivity index (χ2v) is 4.23. The molecule has 1 amide bonds. The van der Waals surface area contributed by atoms with Gasteiger partial charge in [0.1, 0.15) is 11.8 Å². The molecule has 3 N–H and O–H groups in total. The van der Waals surface area contributed by atoms with Crippen molar-refractivity contribution < 1.29 is 9.53 Å². The number of hydrogen-bond donors (Lipinski definition) is 2. The van der Waals surface area contributed by atoms with Crippen LogP contribution >= 0.6 is 11.6 Å². The number of nitrogens with two attached hydrogens (primary N) is 1. The first-order chi connectivity index (χ1) is 9.54. The number of rotatable bonds is 5. The summed E-state index contributed by atoms with van der Waals surface area (Å²) < 4.78 is 5.44. The number of ether oxygens (including phenoxy) is 1. The summed E-state index contributed by atoms with van der Waals surface area (Å²) in [7, 11) is 0. The molecule has 1 aromatic heterocycles. The van der Waals surface area contributed by atoms with Gasteiger partial charge < -0.3 is 15.8 Å². The Labute approximate surface area is 120 Å². The van der Waals surface area contributed by atoms with E-state index in [2.05, 4.69) is 20.3 Å². The van der Waals surface area contributed by atoms with E-state index in [1.165, 1.54) is 0 Å². The molecule has 7 nitrogen and oxygen atoms in total. The Hall–Kier alpha value is -2.41. The number of hydrogen-bond acceptors (Lipinski definition) is 6. The SMILES string of the molecule is C[C@H](Nc1nc(Cl)nc(Oc2ccccc2)n1)C(N)=O. The van der Waals surface area contributed by atoms with Gasteiger partial charge in [-0.25, -0.2) is 0 Å². The van der Waals surface area contributed by atoms with Crippen LogP contribution in [0, 0.1) is 0 Å². The van der Waals surface area contributed by atoms with E-state index in [4.69, 9.17) is 22.1 Å². The zero-order valence-corrected chi connectivity index (χ0v) is 11.3. The molecular weight excluding hydrogens is 282 g/mol. The largest absolute Gasteiger partial charge is 0.424 e. The number of benzene rings is 1. The van der Waals surface area contributed by atoms with Gasteiger partial charge >= 0.3 is 6.01 Å². The summed E-state index contributed by atoms with van der Waals surface area (Å²) in [4.78, 5) is 22.7. The van der Waals surface area contributed by atoms with Crippen molar-refractivity contribution in [3.8, 4) is 11.8 Å². The van der Waals surface area contributed by atoms with Crippen molar-refractivity contribution in [2.45, 2.75) is 13.0 Å². The quantitative estimate of drug-likeness (QED) is 0.868. The third-order valence-electron chi connectivity index (χ3n) is 2.31. The van der Waals surface area contributed by atoms with Gasteiger partial charge in [-0.15, -0.1) is 0 Å². The maximum atomic E-state index is 11.0. The molecule has 0 saturated heterocycles. The van der Waals surface area contributed by atoms with Crippen LogP contribution in [0.4, 0.5) is 5.95 Å². The van der Waals surface area contributed by atoms with Crippen LogP contribution in [0.25, 0.3) is 0 Å². The average molecular weight is 294 g/mol. The molecule has 0 aliphatic heterocycles. The molecule has 1 atom stereocenters. The van der Waals surface area contributed by atoms with Crippen molar-refractivity contribution in [2.75, 3.05) is 5.32 Å². The van der Waals surface area contributed by atoms with Gasteiger partial charge in [-0.2, -0.15) is 15.0 Å². The van der Waals surface area contributed by atoms with Crippen LogP contribution < -0.4 is 15.8 Å². The van der Waals surface area contributed by atoms with Gasteiger partial charge in [-0.1, -0.05) is 18.2 Å².